The number of fused-ring (bicyclic) bond motifs is 2. The van der Waals surface area contributed by atoms with Gasteiger partial charge in [-0.3, -0.25) is 4.90 Å². The average molecular weight is 404 g/mol. The molecule has 0 radical (unpaired) electrons. The second-order valence-electron chi connectivity index (χ2n) is 7.75. The summed E-state index contributed by atoms with van der Waals surface area (Å²) in [5.74, 6) is 0.881. The van der Waals surface area contributed by atoms with Gasteiger partial charge in [0.2, 0.25) is 0 Å². The molecule has 0 bridgehead atoms. The lowest BCUT2D eigenvalue weighted by atomic mass is 10.2. The number of ether oxygens (including phenoxy) is 1. The van der Waals surface area contributed by atoms with Gasteiger partial charge >= 0.3 is 0 Å². The Kier molecular flexibility index (Phi) is 4.29. The van der Waals surface area contributed by atoms with E-state index in [1.165, 1.54) is 6.07 Å². The van der Waals surface area contributed by atoms with E-state index in [4.69, 9.17) is 21.3 Å². The molecule has 2 atom stereocenters. The van der Waals surface area contributed by atoms with E-state index in [-0.39, 0.29) is 10.8 Å². The first kappa shape index (κ1) is 17.9. The smallest absolute Gasteiger partial charge is 0.181 e. The number of rotatable bonds is 5. The van der Waals surface area contributed by atoms with E-state index in [1.807, 2.05) is 18.2 Å². The molecule has 1 saturated carbocycles. The number of nitrogens with zero attached hydrogens (tertiary/aromatic N) is 3. The van der Waals surface area contributed by atoms with E-state index in [0.29, 0.717) is 24.4 Å². The molecule has 28 heavy (non-hydrogen) atoms. The Hall–Kier alpha value is -2.18. The van der Waals surface area contributed by atoms with Crippen LogP contribution in [0, 0.1) is 29.4 Å². The molecular formula is C21H20ClF2N3O. The summed E-state index contributed by atoms with van der Waals surface area (Å²) in [7, 11) is 2.06. The van der Waals surface area contributed by atoms with Crippen molar-refractivity contribution in [3.05, 3.63) is 58.9 Å². The number of benzene rings is 2. The van der Waals surface area contributed by atoms with Crippen LogP contribution < -0.4 is 4.74 Å². The lowest BCUT2D eigenvalue weighted by molar-refractivity contribution is 0.226. The highest BCUT2D eigenvalue weighted by molar-refractivity contribution is 6.32. The molecule has 2 heterocycles. The van der Waals surface area contributed by atoms with Gasteiger partial charge in [-0.15, -0.1) is 0 Å². The number of hydrogen-bond acceptors (Lipinski definition) is 3. The Morgan fingerprint density at radius 3 is 2.64 bits per heavy atom. The third-order valence-corrected chi connectivity index (χ3v) is 6.47. The topological polar surface area (TPSA) is 30.3 Å². The van der Waals surface area contributed by atoms with Gasteiger partial charge in [0.1, 0.15) is 16.6 Å². The van der Waals surface area contributed by atoms with E-state index in [1.54, 1.807) is 0 Å². The summed E-state index contributed by atoms with van der Waals surface area (Å²) in [6.07, 6.45) is 0. The van der Waals surface area contributed by atoms with E-state index < -0.39 is 11.6 Å². The minimum Gasteiger partial charge on any atom is -0.492 e. The van der Waals surface area contributed by atoms with Gasteiger partial charge in [-0.2, -0.15) is 0 Å². The number of halogens is 3. The standard InChI is InChI=1S/C21H20ClF2N3O/c1-26-17-5-3-2-4-16(17)25-19(26)10-27-8-12-13(9-27)14(12)11-28-18-7-6-15(23)21(24)20(18)22/h2-7,12-14H,8-11H2,1H3. The third kappa shape index (κ3) is 2.95. The number of aryl methyl sites for hydroxylation is 1. The van der Waals surface area contributed by atoms with Crippen LogP contribution in [0.3, 0.4) is 0 Å². The minimum absolute atomic E-state index is 0.210. The van der Waals surface area contributed by atoms with Crippen molar-refractivity contribution < 1.29 is 13.5 Å². The first-order valence-corrected chi connectivity index (χ1v) is 9.79. The van der Waals surface area contributed by atoms with Crippen LogP contribution in [0.2, 0.25) is 5.02 Å². The molecule has 146 valence electrons. The zero-order valence-corrected chi connectivity index (χ0v) is 16.2. The second kappa shape index (κ2) is 6.71. The fourth-order valence-corrected chi connectivity index (χ4v) is 4.66. The number of hydrogen-bond donors (Lipinski definition) is 0. The summed E-state index contributed by atoms with van der Waals surface area (Å²) in [5.41, 5.74) is 2.18. The Morgan fingerprint density at radius 2 is 1.89 bits per heavy atom. The quantitative estimate of drug-likeness (QED) is 0.596. The Balaban J connectivity index is 1.17. The largest absolute Gasteiger partial charge is 0.492 e. The maximum Gasteiger partial charge on any atom is 0.181 e. The number of imidazole rings is 1. The molecule has 0 amide bonds. The van der Waals surface area contributed by atoms with Crippen molar-refractivity contribution in [3.63, 3.8) is 0 Å². The molecule has 1 aliphatic carbocycles. The van der Waals surface area contributed by atoms with Crippen LogP contribution in [0.4, 0.5) is 8.78 Å². The second-order valence-corrected chi connectivity index (χ2v) is 8.12. The summed E-state index contributed by atoms with van der Waals surface area (Å²) in [4.78, 5) is 7.18. The van der Waals surface area contributed by atoms with Crippen molar-refractivity contribution in [1.82, 2.24) is 14.5 Å². The minimum atomic E-state index is -1.05. The average Bonchev–Trinajstić information content (AvgIpc) is 3.00. The number of piperidine rings is 1. The molecule has 2 aliphatic rings. The van der Waals surface area contributed by atoms with E-state index >= 15 is 0 Å². The summed E-state index contributed by atoms with van der Waals surface area (Å²) < 4.78 is 34.5. The highest BCUT2D eigenvalue weighted by atomic mass is 35.5. The summed E-state index contributed by atoms with van der Waals surface area (Å²) in [6, 6.07) is 10.6. The zero-order chi connectivity index (χ0) is 19.4. The van der Waals surface area contributed by atoms with Crippen molar-refractivity contribution in [3.8, 4) is 5.75 Å². The molecule has 4 nitrogen and oxygen atoms in total. The van der Waals surface area contributed by atoms with Crippen LogP contribution >= 0.6 is 11.6 Å². The molecule has 5 rings (SSSR count). The van der Waals surface area contributed by atoms with E-state index in [2.05, 4.69) is 22.6 Å². The third-order valence-electron chi connectivity index (χ3n) is 6.12. The number of para-hydroxylation sites is 2. The van der Waals surface area contributed by atoms with Gasteiger partial charge in [-0.1, -0.05) is 23.7 Å². The van der Waals surface area contributed by atoms with Gasteiger partial charge in [0.05, 0.1) is 24.2 Å². The summed E-state index contributed by atoms with van der Waals surface area (Å²) in [5, 5.41) is -0.283. The SMILES string of the molecule is Cn1c(CN2CC3C(COc4ccc(F)c(F)c4Cl)C3C2)nc2ccccc21. The molecule has 2 unspecified atom stereocenters. The van der Waals surface area contributed by atoms with Crippen LogP contribution in [0.5, 0.6) is 5.75 Å². The summed E-state index contributed by atoms with van der Waals surface area (Å²) in [6.45, 7) is 3.34. The maximum absolute atomic E-state index is 13.5. The Labute approximate surface area is 166 Å². The Bertz CT molecular complexity index is 1040. The highest BCUT2D eigenvalue weighted by Crippen LogP contribution is 2.52. The molecule has 2 fully saturated rings. The Morgan fingerprint density at radius 1 is 1.14 bits per heavy atom. The molecule has 1 saturated heterocycles. The van der Waals surface area contributed by atoms with Crippen molar-refractivity contribution in [1.29, 1.82) is 0 Å². The van der Waals surface area contributed by atoms with E-state index in [0.717, 1.165) is 42.6 Å². The normalized spacial score (nSPS) is 23.9. The predicted octanol–water partition coefficient (Wildman–Crippen LogP) is 4.26. The van der Waals surface area contributed by atoms with Crippen molar-refractivity contribution >= 4 is 22.6 Å². The van der Waals surface area contributed by atoms with Crippen molar-refractivity contribution in [2.75, 3.05) is 19.7 Å². The summed E-state index contributed by atoms with van der Waals surface area (Å²) >= 11 is 5.83. The van der Waals surface area contributed by atoms with Gasteiger partial charge in [-0.25, -0.2) is 13.8 Å². The molecule has 1 aromatic heterocycles. The number of aromatic nitrogens is 2. The van der Waals surface area contributed by atoms with E-state index in [9.17, 15) is 8.78 Å². The number of likely N-dealkylation sites (tertiary alicyclic amines) is 1. The fourth-order valence-electron chi connectivity index (χ4n) is 4.46. The zero-order valence-electron chi connectivity index (χ0n) is 15.4. The van der Waals surface area contributed by atoms with Gasteiger partial charge in [0.25, 0.3) is 0 Å². The van der Waals surface area contributed by atoms with Crippen LogP contribution in [-0.2, 0) is 13.6 Å². The molecule has 3 aromatic rings. The van der Waals surface area contributed by atoms with Gasteiger partial charge in [-0.05, 0) is 36.1 Å². The lowest BCUT2D eigenvalue weighted by Gasteiger charge is -2.19. The van der Waals surface area contributed by atoms with Crippen LogP contribution in [0.1, 0.15) is 5.82 Å². The van der Waals surface area contributed by atoms with Gasteiger partial charge in [0, 0.05) is 26.1 Å². The van der Waals surface area contributed by atoms with Crippen molar-refractivity contribution in [2.24, 2.45) is 24.8 Å². The predicted molar refractivity (Wildman–Crippen MR) is 103 cm³/mol. The molecule has 1 aliphatic heterocycles. The molecule has 0 spiro atoms. The lowest BCUT2D eigenvalue weighted by Crippen LogP contribution is -2.26. The molecule has 7 heteroatoms. The first-order valence-electron chi connectivity index (χ1n) is 9.42. The van der Waals surface area contributed by atoms with Crippen LogP contribution in [0.15, 0.2) is 36.4 Å². The monoisotopic (exact) mass is 403 g/mol. The van der Waals surface area contributed by atoms with Gasteiger partial charge < -0.3 is 9.30 Å². The molecule has 0 N–H and O–H groups in total. The molecular weight excluding hydrogens is 384 g/mol. The van der Waals surface area contributed by atoms with Gasteiger partial charge in [0.15, 0.2) is 11.6 Å². The van der Waals surface area contributed by atoms with Crippen LogP contribution in [-0.4, -0.2) is 34.1 Å². The van der Waals surface area contributed by atoms with Crippen molar-refractivity contribution in [2.45, 2.75) is 6.54 Å². The first-order chi connectivity index (χ1) is 13.5. The molecule has 2 aromatic carbocycles. The van der Waals surface area contributed by atoms with Crippen LogP contribution in [0.25, 0.3) is 11.0 Å². The highest BCUT2D eigenvalue weighted by Gasteiger charge is 2.55. The maximum atomic E-state index is 13.5. The fraction of sp³-hybridized carbons (Fsp3) is 0.381.